The Balaban J connectivity index is 1.60. The minimum atomic E-state index is -4.09. The van der Waals surface area contributed by atoms with Crippen molar-refractivity contribution >= 4 is 49.7 Å². The van der Waals surface area contributed by atoms with Crippen LogP contribution in [-0.4, -0.2) is 20.4 Å². The second-order valence-corrected chi connectivity index (χ2v) is 9.77. The Kier molecular flexibility index (Phi) is 5.80. The first kappa shape index (κ1) is 22.1. The predicted molar refractivity (Wildman–Crippen MR) is 120 cm³/mol. The third-order valence-corrected chi connectivity index (χ3v) is 6.90. The maximum absolute atomic E-state index is 13.0. The molecule has 166 valence electrons. The van der Waals surface area contributed by atoms with Gasteiger partial charge in [-0.1, -0.05) is 19.9 Å². The van der Waals surface area contributed by atoms with Crippen LogP contribution in [0, 0.1) is 12.8 Å². The molecule has 9 nitrogen and oxygen atoms in total. The first-order chi connectivity index (χ1) is 15.2. The molecular weight excluding hydrogens is 454 g/mol. The Morgan fingerprint density at radius 1 is 1.16 bits per heavy atom. The Morgan fingerprint density at radius 3 is 2.69 bits per heavy atom. The second kappa shape index (κ2) is 8.41. The third kappa shape index (κ3) is 4.27. The van der Waals surface area contributed by atoms with Crippen LogP contribution in [0.2, 0.25) is 0 Å². The van der Waals surface area contributed by atoms with Crippen molar-refractivity contribution in [2.24, 2.45) is 14.6 Å². The standard InChI is InChI=1S/C21H19N3O6S2/c1-11(2)19(24-32(27,28)17-6-4-5-15-20(17)23-31-22-15)21(26)29-13-7-8-14-12(3)9-18(25)30-16(14)10-13/h4-11,19,24H,1-3H3/t19-/m0/s1. The van der Waals surface area contributed by atoms with Gasteiger partial charge < -0.3 is 9.15 Å². The van der Waals surface area contributed by atoms with Gasteiger partial charge >= 0.3 is 11.6 Å². The minimum absolute atomic E-state index is 0.0647. The summed E-state index contributed by atoms with van der Waals surface area (Å²) in [4.78, 5) is 24.5. The molecule has 3 aromatic rings. The normalized spacial score (nSPS) is 13.8. The summed E-state index contributed by atoms with van der Waals surface area (Å²) in [6.07, 6.45) is 0. The number of benzene rings is 2. The van der Waals surface area contributed by atoms with E-state index in [1.54, 1.807) is 45.0 Å². The highest BCUT2D eigenvalue weighted by Crippen LogP contribution is 2.37. The van der Waals surface area contributed by atoms with E-state index >= 15 is 0 Å². The van der Waals surface area contributed by atoms with Crippen LogP contribution < -0.4 is 15.1 Å². The molecule has 11 heteroatoms. The second-order valence-electron chi connectivity index (χ2n) is 7.56. The van der Waals surface area contributed by atoms with Crippen molar-refractivity contribution in [2.75, 3.05) is 0 Å². The lowest BCUT2D eigenvalue weighted by Crippen LogP contribution is -2.46. The first-order valence-corrected chi connectivity index (χ1v) is 11.9. The Bertz CT molecular complexity index is 1470. The molecule has 1 aromatic heterocycles. The monoisotopic (exact) mass is 473 g/mol. The number of hydrogen-bond donors (Lipinski definition) is 1. The summed E-state index contributed by atoms with van der Waals surface area (Å²) in [6.45, 7) is 5.16. The van der Waals surface area contributed by atoms with E-state index in [4.69, 9.17) is 9.15 Å². The number of aryl methyl sites for hydroxylation is 1. The lowest BCUT2D eigenvalue weighted by atomic mass is 10.1. The lowest BCUT2D eigenvalue weighted by Gasteiger charge is -2.21. The maximum Gasteiger partial charge on any atom is 0.336 e. The van der Waals surface area contributed by atoms with Crippen molar-refractivity contribution in [1.29, 1.82) is 0 Å². The highest BCUT2D eigenvalue weighted by atomic mass is 32.2. The van der Waals surface area contributed by atoms with Crippen molar-refractivity contribution in [3.8, 4) is 5.75 Å². The van der Waals surface area contributed by atoms with Crippen LogP contribution in [0.25, 0.3) is 11.0 Å². The maximum atomic E-state index is 13.0. The van der Waals surface area contributed by atoms with Gasteiger partial charge in [-0.05, 0) is 42.7 Å². The summed E-state index contributed by atoms with van der Waals surface area (Å²) >= 11 is 0.904. The third-order valence-electron chi connectivity index (χ3n) is 4.88. The van der Waals surface area contributed by atoms with E-state index < -0.39 is 33.6 Å². The molecule has 0 unspecified atom stereocenters. The SMILES string of the molecule is Cc1cc(=O)oc2cc(OC(=O)[C@@H](NS(=O)(=O)c3cccc4c3N=S=N4)C(C)C)ccc12. The minimum Gasteiger partial charge on any atom is -0.425 e. The molecule has 0 fully saturated rings. The van der Waals surface area contributed by atoms with Crippen molar-refractivity contribution in [3.05, 3.63) is 58.4 Å². The molecule has 1 N–H and O–H groups in total. The van der Waals surface area contributed by atoms with Crippen molar-refractivity contribution in [1.82, 2.24) is 4.72 Å². The fraction of sp³-hybridized carbons (Fsp3) is 0.238. The number of ether oxygens (including phenoxy) is 1. The van der Waals surface area contributed by atoms with E-state index in [0.717, 1.165) is 16.9 Å². The summed E-state index contributed by atoms with van der Waals surface area (Å²) in [7, 11) is -4.09. The Hall–Kier alpha value is -3.15. The molecule has 1 aliphatic rings. The van der Waals surface area contributed by atoms with Gasteiger partial charge in [-0.25, -0.2) is 18.0 Å². The topological polar surface area (TPSA) is 127 Å². The smallest absolute Gasteiger partial charge is 0.336 e. The molecule has 0 spiro atoms. The van der Waals surface area contributed by atoms with Crippen LogP contribution in [-0.2, 0) is 26.2 Å². The van der Waals surface area contributed by atoms with Crippen LogP contribution in [0.1, 0.15) is 19.4 Å². The summed E-state index contributed by atoms with van der Waals surface area (Å²) in [5, 5.41) is 0.704. The number of sulfonamides is 1. The molecule has 0 aliphatic carbocycles. The number of hydrogen-bond acceptors (Lipinski definition) is 8. The first-order valence-electron chi connectivity index (χ1n) is 9.65. The molecule has 0 saturated heterocycles. The van der Waals surface area contributed by atoms with Crippen molar-refractivity contribution in [2.45, 2.75) is 31.7 Å². The number of carbonyl (C=O) groups excluding carboxylic acids is 1. The predicted octanol–water partition coefficient (Wildman–Crippen LogP) is 3.74. The zero-order chi connectivity index (χ0) is 23.0. The summed E-state index contributed by atoms with van der Waals surface area (Å²) in [5.74, 6) is -1.07. The number of nitrogens with one attached hydrogen (secondary N) is 1. The molecule has 0 bridgehead atoms. The molecule has 2 heterocycles. The van der Waals surface area contributed by atoms with Gasteiger partial charge in [-0.2, -0.15) is 13.4 Å². The molecule has 0 amide bonds. The molecular formula is C21H19N3O6S2. The average molecular weight is 474 g/mol. The van der Waals surface area contributed by atoms with E-state index in [1.807, 2.05) is 0 Å². The van der Waals surface area contributed by atoms with Gasteiger partial charge in [0.2, 0.25) is 10.0 Å². The largest absolute Gasteiger partial charge is 0.425 e. The molecule has 0 radical (unpaired) electrons. The van der Waals surface area contributed by atoms with Crippen LogP contribution >= 0.6 is 0 Å². The molecule has 4 rings (SSSR count). The van der Waals surface area contributed by atoms with Gasteiger partial charge in [-0.3, -0.25) is 0 Å². The fourth-order valence-electron chi connectivity index (χ4n) is 3.23. The zero-order valence-corrected chi connectivity index (χ0v) is 19.0. The van der Waals surface area contributed by atoms with E-state index in [9.17, 15) is 18.0 Å². The summed E-state index contributed by atoms with van der Waals surface area (Å²) in [6, 6.07) is 9.48. The number of carbonyl (C=O) groups is 1. The molecule has 1 atom stereocenters. The number of fused-ring (bicyclic) bond motifs is 2. The van der Waals surface area contributed by atoms with Crippen LogP contribution in [0.4, 0.5) is 11.4 Å². The summed E-state index contributed by atoms with van der Waals surface area (Å²) in [5.41, 5.74) is 1.17. The highest BCUT2D eigenvalue weighted by Gasteiger charge is 2.32. The van der Waals surface area contributed by atoms with Crippen molar-refractivity contribution < 1.29 is 22.4 Å². The van der Waals surface area contributed by atoms with Gasteiger partial charge in [-0.15, -0.1) is 0 Å². The zero-order valence-electron chi connectivity index (χ0n) is 17.4. The van der Waals surface area contributed by atoms with Crippen LogP contribution in [0.15, 0.2) is 65.3 Å². The van der Waals surface area contributed by atoms with E-state index in [0.29, 0.717) is 11.1 Å². The molecule has 0 saturated carbocycles. The van der Waals surface area contributed by atoms with Crippen LogP contribution in [0.5, 0.6) is 5.75 Å². The van der Waals surface area contributed by atoms with E-state index in [1.165, 1.54) is 18.2 Å². The van der Waals surface area contributed by atoms with Gasteiger partial charge in [0.05, 0.1) is 11.4 Å². The fourth-order valence-corrected chi connectivity index (χ4v) is 5.33. The lowest BCUT2D eigenvalue weighted by molar-refractivity contribution is -0.137. The van der Waals surface area contributed by atoms with E-state index in [-0.39, 0.29) is 21.9 Å². The van der Waals surface area contributed by atoms with Gasteiger partial charge in [0.25, 0.3) is 0 Å². The molecule has 2 aromatic carbocycles. The Morgan fingerprint density at radius 2 is 1.94 bits per heavy atom. The Labute approximate surface area is 187 Å². The number of rotatable bonds is 6. The molecule has 32 heavy (non-hydrogen) atoms. The molecule has 1 aliphatic heterocycles. The van der Waals surface area contributed by atoms with Crippen LogP contribution in [0.3, 0.4) is 0 Å². The summed E-state index contributed by atoms with van der Waals surface area (Å²) < 4.78 is 47.2. The van der Waals surface area contributed by atoms with E-state index in [2.05, 4.69) is 13.4 Å². The van der Waals surface area contributed by atoms with Gasteiger partial charge in [0, 0.05) is 17.5 Å². The van der Waals surface area contributed by atoms with Gasteiger partial charge in [0.1, 0.15) is 33.6 Å². The number of esters is 1. The quantitative estimate of drug-likeness (QED) is 0.258. The average Bonchev–Trinajstić information content (AvgIpc) is 3.20. The van der Waals surface area contributed by atoms with Crippen molar-refractivity contribution in [3.63, 3.8) is 0 Å². The van der Waals surface area contributed by atoms with Gasteiger partial charge in [0.15, 0.2) is 0 Å². The number of nitrogens with zero attached hydrogens (tertiary/aromatic N) is 2. The highest BCUT2D eigenvalue weighted by molar-refractivity contribution is 7.89.